The molecule has 2 N–H and O–H groups in total. The Balaban J connectivity index is 1.39. The van der Waals surface area contributed by atoms with Crippen LogP contribution in [-0.2, 0) is 23.3 Å². The maximum Gasteiger partial charge on any atom is 0.329 e. The lowest BCUT2D eigenvalue weighted by atomic mass is 9.90. The van der Waals surface area contributed by atoms with E-state index in [-0.39, 0.29) is 11.9 Å². The first-order chi connectivity index (χ1) is 14.0. The van der Waals surface area contributed by atoms with Crippen LogP contribution in [-0.4, -0.2) is 30.1 Å². The Kier molecular flexibility index (Phi) is 4.14. The van der Waals surface area contributed by atoms with E-state index in [0.29, 0.717) is 6.67 Å². The SMILES string of the molecule is C[C@]1(c2ccc3ccccc3c2)NC(=O)N(C[NH+]2CCc3ccccc3C2)C1=O. The molecule has 2 aliphatic heterocycles. The Morgan fingerprint density at radius 3 is 2.52 bits per heavy atom. The van der Waals surface area contributed by atoms with Crippen molar-refractivity contribution in [3.8, 4) is 0 Å². The van der Waals surface area contributed by atoms with E-state index >= 15 is 0 Å². The molecule has 2 aliphatic rings. The number of fused-ring (bicyclic) bond motifs is 2. The number of hydrogen-bond acceptors (Lipinski definition) is 2. The van der Waals surface area contributed by atoms with Gasteiger partial charge >= 0.3 is 6.03 Å². The van der Waals surface area contributed by atoms with Gasteiger partial charge in [0.1, 0.15) is 12.1 Å². The molecule has 0 saturated carbocycles. The van der Waals surface area contributed by atoms with Crippen LogP contribution in [0, 0.1) is 0 Å². The summed E-state index contributed by atoms with van der Waals surface area (Å²) in [5.74, 6) is -0.177. The van der Waals surface area contributed by atoms with E-state index in [1.165, 1.54) is 20.9 Å². The summed E-state index contributed by atoms with van der Waals surface area (Å²) in [6.07, 6.45) is 0.969. The Morgan fingerprint density at radius 2 is 1.69 bits per heavy atom. The van der Waals surface area contributed by atoms with Gasteiger partial charge in [-0.15, -0.1) is 0 Å². The summed E-state index contributed by atoms with van der Waals surface area (Å²) in [4.78, 5) is 28.7. The fraction of sp³-hybridized carbons (Fsp3) is 0.250. The van der Waals surface area contributed by atoms with Crippen LogP contribution in [0.2, 0.25) is 0 Å². The molecule has 5 heteroatoms. The minimum atomic E-state index is -1.03. The molecule has 1 saturated heterocycles. The number of imide groups is 1. The zero-order valence-electron chi connectivity index (χ0n) is 16.4. The molecular weight excluding hydrogens is 362 g/mol. The normalized spacial score (nSPS) is 23.9. The molecule has 0 radical (unpaired) electrons. The molecule has 5 rings (SSSR count). The van der Waals surface area contributed by atoms with E-state index in [4.69, 9.17) is 0 Å². The van der Waals surface area contributed by atoms with Crippen molar-refractivity contribution in [3.05, 3.63) is 83.4 Å². The molecule has 1 unspecified atom stereocenters. The van der Waals surface area contributed by atoms with E-state index in [9.17, 15) is 9.59 Å². The summed E-state index contributed by atoms with van der Waals surface area (Å²) < 4.78 is 0. The third-order valence-corrected chi connectivity index (χ3v) is 6.29. The van der Waals surface area contributed by atoms with Crippen LogP contribution in [0.25, 0.3) is 10.8 Å². The number of hydrogen-bond donors (Lipinski definition) is 2. The second-order valence-electron chi connectivity index (χ2n) is 8.20. The van der Waals surface area contributed by atoms with Crippen molar-refractivity contribution in [1.82, 2.24) is 10.2 Å². The minimum Gasteiger partial charge on any atom is -0.319 e. The van der Waals surface area contributed by atoms with Gasteiger partial charge in [-0.1, -0.05) is 60.7 Å². The van der Waals surface area contributed by atoms with Crippen LogP contribution >= 0.6 is 0 Å². The third-order valence-electron chi connectivity index (χ3n) is 6.29. The van der Waals surface area contributed by atoms with Crippen LogP contribution in [0.1, 0.15) is 23.6 Å². The quantitative estimate of drug-likeness (QED) is 0.678. The molecule has 0 bridgehead atoms. The monoisotopic (exact) mass is 386 g/mol. The molecule has 1 fully saturated rings. The van der Waals surface area contributed by atoms with Gasteiger partial charge in [0.2, 0.25) is 0 Å². The van der Waals surface area contributed by atoms with Crippen LogP contribution in [0.4, 0.5) is 4.79 Å². The molecule has 2 atom stereocenters. The minimum absolute atomic E-state index is 0.177. The Bertz CT molecular complexity index is 1130. The fourth-order valence-electron chi connectivity index (χ4n) is 4.54. The largest absolute Gasteiger partial charge is 0.329 e. The molecule has 3 aromatic carbocycles. The highest BCUT2D eigenvalue weighted by Gasteiger charge is 2.50. The number of urea groups is 1. The average Bonchev–Trinajstić information content (AvgIpc) is 2.97. The highest BCUT2D eigenvalue weighted by molar-refractivity contribution is 6.07. The number of nitrogens with one attached hydrogen (secondary N) is 2. The van der Waals surface area contributed by atoms with E-state index in [1.54, 1.807) is 6.92 Å². The molecule has 5 nitrogen and oxygen atoms in total. The number of rotatable bonds is 3. The van der Waals surface area contributed by atoms with Gasteiger partial charge in [0.15, 0.2) is 6.67 Å². The summed E-state index contributed by atoms with van der Waals surface area (Å²) in [7, 11) is 0. The lowest BCUT2D eigenvalue weighted by molar-refractivity contribution is -0.923. The topological polar surface area (TPSA) is 53.9 Å². The number of benzene rings is 3. The third kappa shape index (κ3) is 2.98. The van der Waals surface area contributed by atoms with E-state index in [1.807, 2.05) is 48.5 Å². The number of nitrogens with zero attached hydrogens (tertiary/aromatic N) is 1. The maximum atomic E-state index is 13.3. The smallest absolute Gasteiger partial charge is 0.319 e. The lowest BCUT2D eigenvalue weighted by Gasteiger charge is -2.28. The van der Waals surface area contributed by atoms with E-state index in [2.05, 4.69) is 23.5 Å². The van der Waals surface area contributed by atoms with Gasteiger partial charge in [-0.25, -0.2) is 9.69 Å². The van der Waals surface area contributed by atoms with E-state index in [0.717, 1.165) is 35.8 Å². The summed E-state index contributed by atoms with van der Waals surface area (Å²) in [5.41, 5.74) is 2.46. The average molecular weight is 386 g/mol. The highest BCUT2D eigenvalue weighted by Crippen LogP contribution is 2.30. The van der Waals surface area contributed by atoms with Crippen molar-refractivity contribution in [3.63, 3.8) is 0 Å². The number of carbonyl (C=O) groups is 2. The summed E-state index contributed by atoms with van der Waals surface area (Å²) in [5, 5.41) is 5.12. The van der Waals surface area contributed by atoms with Gasteiger partial charge in [0.25, 0.3) is 5.91 Å². The van der Waals surface area contributed by atoms with Crippen molar-refractivity contribution in [2.45, 2.75) is 25.4 Å². The molecule has 0 aliphatic carbocycles. The second-order valence-corrected chi connectivity index (χ2v) is 8.20. The van der Waals surface area contributed by atoms with Crippen molar-refractivity contribution < 1.29 is 14.5 Å². The molecule has 0 aromatic heterocycles. The number of carbonyl (C=O) groups excluding carboxylic acids is 2. The van der Waals surface area contributed by atoms with E-state index < -0.39 is 5.54 Å². The molecule has 2 heterocycles. The van der Waals surface area contributed by atoms with Crippen LogP contribution < -0.4 is 10.2 Å². The van der Waals surface area contributed by atoms with Gasteiger partial charge in [0.05, 0.1) is 6.54 Å². The predicted molar refractivity (Wildman–Crippen MR) is 111 cm³/mol. The second kappa shape index (κ2) is 6.71. The molecular formula is C24H24N3O2+. The maximum absolute atomic E-state index is 13.3. The summed E-state index contributed by atoms with van der Waals surface area (Å²) >= 11 is 0. The zero-order valence-corrected chi connectivity index (χ0v) is 16.4. The first-order valence-corrected chi connectivity index (χ1v) is 10.1. The summed E-state index contributed by atoms with van der Waals surface area (Å²) in [6, 6.07) is 22.1. The molecule has 3 aromatic rings. The standard InChI is InChI=1S/C24H23N3O2/c1-24(21-11-10-17-6-2-4-8-19(17)14-21)22(28)27(23(29)25-24)16-26-13-12-18-7-3-5-9-20(18)15-26/h2-11,14H,12-13,15-16H2,1H3,(H,25,29)/p+1/t24-/m1/s1. The van der Waals surface area contributed by atoms with Crippen molar-refractivity contribution in [2.24, 2.45) is 0 Å². The van der Waals surface area contributed by atoms with Crippen molar-refractivity contribution >= 4 is 22.7 Å². The number of amides is 3. The molecule has 3 amide bonds. The van der Waals surface area contributed by atoms with Gasteiger partial charge in [-0.05, 0) is 34.9 Å². The molecule has 146 valence electrons. The predicted octanol–water partition coefficient (Wildman–Crippen LogP) is 2.21. The fourth-order valence-corrected chi connectivity index (χ4v) is 4.54. The zero-order chi connectivity index (χ0) is 20.0. The Labute approximate surface area is 169 Å². The van der Waals surface area contributed by atoms with Gasteiger partial charge < -0.3 is 10.2 Å². The van der Waals surface area contributed by atoms with Crippen molar-refractivity contribution in [2.75, 3.05) is 13.2 Å². The highest BCUT2D eigenvalue weighted by atomic mass is 16.2. The summed E-state index contributed by atoms with van der Waals surface area (Å²) in [6.45, 7) is 3.95. The lowest BCUT2D eigenvalue weighted by Crippen LogP contribution is -3.13. The van der Waals surface area contributed by atoms with Gasteiger partial charge in [-0.2, -0.15) is 0 Å². The van der Waals surface area contributed by atoms with Crippen LogP contribution in [0.3, 0.4) is 0 Å². The van der Waals surface area contributed by atoms with Gasteiger partial charge in [0, 0.05) is 12.0 Å². The van der Waals surface area contributed by atoms with Crippen LogP contribution in [0.5, 0.6) is 0 Å². The molecule has 0 spiro atoms. The number of quaternary nitrogens is 1. The first kappa shape index (κ1) is 17.9. The van der Waals surface area contributed by atoms with Crippen LogP contribution in [0.15, 0.2) is 66.7 Å². The van der Waals surface area contributed by atoms with Crippen molar-refractivity contribution in [1.29, 1.82) is 0 Å². The molecule has 29 heavy (non-hydrogen) atoms. The first-order valence-electron chi connectivity index (χ1n) is 10.1. The Hall–Kier alpha value is -3.18. The van der Waals surface area contributed by atoms with Gasteiger partial charge in [-0.3, -0.25) is 4.79 Å². The Morgan fingerprint density at radius 1 is 0.966 bits per heavy atom.